The Morgan fingerprint density at radius 3 is 1.48 bits per heavy atom. The van der Waals surface area contributed by atoms with Gasteiger partial charge in [-0.25, -0.2) is 18.6 Å². The molecule has 16 nitrogen and oxygen atoms in total. The van der Waals surface area contributed by atoms with Crippen LogP contribution in [0.1, 0.15) is 308 Å². The number of ether oxygens (including phenoxy) is 1. The highest BCUT2D eigenvalue weighted by Crippen LogP contribution is 2.53. The number of aromatic nitrogens is 8. The van der Waals surface area contributed by atoms with E-state index in [2.05, 4.69) is 62.2 Å². The summed E-state index contributed by atoms with van der Waals surface area (Å²) in [5.74, 6) is 0.842. The van der Waals surface area contributed by atoms with Gasteiger partial charge in [0.1, 0.15) is 21.6 Å². The van der Waals surface area contributed by atoms with E-state index in [4.69, 9.17) is 33.0 Å². The molecule has 3 fully saturated rings. The van der Waals surface area contributed by atoms with Gasteiger partial charge in [0.05, 0.1) is 27.8 Å². The molecule has 7 rings (SSSR count). The Hall–Kier alpha value is -4.05. The molecule has 4 aromatic heterocycles. The minimum absolute atomic E-state index is 0.0192. The molecule has 464 valence electrons. The fourth-order valence-electron chi connectivity index (χ4n) is 14.5. The number of alkyl carbamates (subject to hydrolysis) is 1. The first-order valence-corrected chi connectivity index (χ1v) is 33.9. The number of carbonyl (C=O) groups is 3. The van der Waals surface area contributed by atoms with Crippen LogP contribution in [0.3, 0.4) is 0 Å². The molecule has 0 bridgehead atoms. The zero-order chi connectivity index (χ0) is 59.0. The molecule has 0 aliphatic heterocycles. The number of hydrogen-bond donors (Lipinski definition) is 6. The summed E-state index contributed by atoms with van der Waals surface area (Å²) in [6.07, 6.45) is 41.5. The molecule has 4 aromatic rings. The number of amides is 3. The number of carboxylic acids is 1. The lowest BCUT2D eigenvalue weighted by Crippen LogP contribution is -2.65. The largest absolute Gasteiger partial charge is 0.481 e. The average Bonchev–Trinajstić information content (AvgIpc) is 2.13. The molecule has 2 unspecified atom stereocenters. The number of nitrogens with zero attached hydrogens (tertiary/aromatic N) is 6. The number of carbonyl (C=O) groups excluding carboxylic acids is 2. The molecule has 0 saturated heterocycles. The van der Waals surface area contributed by atoms with Crippen molar-refractivity contribution in [2.75, 3.05) is 6.54 Å². The summed E-state index contributed by atoms with van der Waals surface area (Å²) in [5.41, 5.74) is 0.880. The zero-order valence-electron chi connectivity index (χ0n) is 52.0. The van der Waals surface area contributed by atoms with E-state index in [1.54, 1.807) is 6.92 Å². The summed E-state index contributed by atoms with van der Waals surface area (Å²) in [5, 5.41) is 46.5. The molecule has 0 aromatic carbocycles. The maximum atomic E-state index is 13.5. The molecule has 0 spiro atoms. The zero-order valence-corrected chi connectivity index (χ0v) is 53.5. The number of aliphatic carboxylic acids is 1. The molecular formula is C64H109Cl2N11O5. The van der Waals surface area contributed by atoms with Crippen LogP contribution in [0.2, 0.25) is 10.0 Å². The Bertz CT molecular complexity index is 2500. The summed E-state index contributed by atoms with van der Waals surface area (Å²) >= 11 is 13.0. The fraction of sp³-hybridized carbons (Fsp3) is 0.828. The van der Waals surface area contributed by atoms with Crippen LogP contribution in [-0.4, -0.2) is 87.1 Å². The first-order valence-electron chi connectivity index (χ1n) is 33.1. The van der Waals surface area contributed by atoms with Crippen LogP contribution in [0.25, 0.3) is 11.3 Å². The predicted molar refractivity (Wildman–Crippen MR) is 332 cm³/mol. The van der Waals surface area contributed by atoms with Crippen LogP contribution in [0.5, 0.6) is 0 Å². The molecular weight excluding hydrogens is 1070 g/mol. The molecule has 3 amide bonds. The summed E-state index contributed by atoms with van der Waals surface area (Å²) < 4.78 is 9.86. The highest BCUT2D eigenvalue weighted by Gasteiger charge is 2.56. The number of hydrogen-bond acceptors (Lipinski definition) is 8. The van der Waals surface area contributed by atoms with E-state index in [-0.39, 0.29) is 23.0 Å². The van der Waals surface area contributed by atoms with Crippen molar-refractivity contribution in [3.05, 3.63) is 33.1 Å². The van der Waals surface area contributed by atoms with Gasteiger partial charge < -0.3 is 25.8 Å². The number of carboxylic acid groups (broad SMARTS) is 1. The highest BCUT2D eigenvalue weighted by molar-refractivity contribution is 6.34. The fourth-order valence-corrected chi connectivity index (χ4v) is 14.8. The van der Waals surface area contributed by atoms with Crippen LogP contribution >= 0.6 is 23.2 Å². The van der Waals surface area contributed by atoms with Crippen LogP contribution < -0.4 is 16.0 Å². The SMILES string of the molecule is CCCCCCCCC(CCCCCCCC)(C(=O)O)C(C)OC(=O)NC(C)C1(c2nnc3c(Cl)c(C)[nH]n23)CCCCC1.CCCCCCCCCCCCNC(=O)NC1(C2(c3nnc4c(Cl)c(C)[nH]n34)CCCCC2)CCCCC1. The molecule has 3 aliphatic carbocycles. The number of nitrogens with one attached hydrogen (secondary N) is 5. The first-order chi connectivity index (χ1) is 39.7. The topological polar surface area (TPSA) is 209 Å². The van der Waals surface area contributed by atoms with Crippen molar-refractivity contribution < 1.29 is 24.2 Å². The van der Waals surface area contributed by atoms with Crippen LogP contribution in [-0.2, 0) is 20.4 Å². The van der Waals surface area contributed by atoms with E-state index in [1.165, 1.54) is 109 Å². The van der Waals surface area contributed by atoms with E-state index in [0.717, 1.165) is 158 Å². The maximum absolute atomic E-state index is 13.5. The lowest BCUT2D eigenvalue weighted by Gasteiger charge is -2.53. The second-order valence-electron chi connectivity index (χ2n) is 25.4. The third-order valence-electron chi connectivity index (χ3n) is 19.7. The third kappa shape index (κ3) is 16.9. The molecule has 18 heteroatoms. The molecule has 0 radical (unpaired) electrons. The molecule has 82 heavy (non-hydrogen) atoms. The molecule has 3 aliphatic rings. The number of fused-ring (bicyclic) bond motifs is 2. The van der Waals surface area contributed by atoms with Gasteiger partial charge in [-0.3, -0.25) is 15.0 Å². The molecule has 3 saturated carbocycles. The molecule has 4 heterocycles. The van der Waals surface area contributed by atoms with Gasteiger partial charge in [-0.2, -0.15) is 0 Å². The lowest BCUT2D eigenvalue weighted by molar-refractivity contribution is -0.157. The smallest absolute Gasteiger partial charge is 0.407 e. The van der Waals surface area contributed by atoms with E-state index in [1.807, 2.05) is 29.8 Å². The Morgan fingerprint density at radius 2 is 1.00 bits per heavy atom. The average molecular weight is 1180 g/mol. The Labute approximate surface area is 502 Å². The number of halogens is 2. The standard InChI is InChI=1S/C34H58ClN5O4.C30H51ClN6O/c1-6-8-10-12-14-17-23-34(31(41)42,24-18-15-13-11-9-7-2)27(5)44-32(43)36-26(4)33(21-19-16-20-22-33)30-38-37-29-28(35)25(3)39-40(29)30;1-3-4-5-6-7-8-9-10-11-18-23-32-28(38)33-30(21-16-13-17-22-30)29(19-14-12-15-20-29)27-35-34-26-25(31)24(2)36-37(26)27/h26-27,39H,6-24H2,1-5H3,(H,36,43)(H,41,42);36H,3-23H2,1-2H3,(H2,32,33,38). The van der Waals surface area contributed by atoms with Crippen LogP contribution in [0.15, 0.2) is 0 Å². The summed E-state index contributed by atoms with van der Waals surface area (Å²) in [4.78, 5) is 39.8. The van der Waals surface area contributed by atoms with Crippen molar-refractivity contribution in [1.29, 1.82) is 0 Å². The van der Waals surface area contributed by atoms with Crippen LogP contribution in [0, 0.1) is 19.3 Å². The van der Waals surface area contributed by atoms with Gasteiger partial charge in [-0.15, -0.1) is 20.4 Å². The Balaban J connectivity index is 0.000000266. The van der Waals surface area contributed by atoms with E-state index in [9.17, 15) is 19.5 Å². The second kappa shape index (κ2) is 33.6. The number of aromatic amines is 2. The highest BCUT2D eigenvalue weighted by atomic mass is 35.5. The molecule has 2 atom stereocenters. The second-order valence-corrected chi connectivity index (χ2v) is 26.2. The van der Waals surface area contributed by atoms with Gasteiger partial charge in [0.25, 0.3) is 0 Å². The first kappa shape index (κ1) is 67.1. The quantitative estimate of drug-likeness (QED) is 0.0246. The van der Waals surface area contributed by atoms with E-state index in [0.29, 0.717) is 34.2 Å². The Morgan fingerprint density at radius 1 is 0.585 bits per heavy atom. The third-order valence-corrected chi connectivity index (χ3v) is 20.6. The van der Waals surface area contributed by atoms with Crippen molar-refractivity contribution in [3.63, 3.8) is 0 Å². The minimum atomic E-state index is -1.10. The van der Waals surface area contributed by atoms with Gasteiger partial charge in [0.2, 0.25) is 0 Å². The maximum Gasteiger partial charge on any atom is 0.407 e. The normalized spacial score (nSPS) is 17.7. The monoisotopic (exact) mass is 1180 g/mol. The van der Waals surface area contributed by atoms with Crippen molar-refractivity contribution in [2.24, 2.45) is 5.41 Å². The number of H-pyrrole nitrogens is 2. The van der Waals surface area contributed by atoms with Crippen molar-refractivity contribution >= 4 is 52.6 Å². The van der Waals surface area contributed by atoms with Crippen molar-refractivity contribution in [2.45, 2.75) is 327 Å². The van der Waals surface area contributed by atoms with Gasteiger partial charge in [0, 0.05) is 12.6 Å². The summed E-state index contributed by atoms with van der Waals surface area (Å²) in [6.45, 7) is 15.0. The Kier molecular flexibility index (Phi) is 27.5. The van der Waals surface area contributed by atoms with Crippen LogP contribution in [0.4, 0.5) is 9.59 Å². The lowest BCUT2D eigenvalue weighted by atomic mass is 9.56. The minimum Gasteiger partial charge on any atom is -0.481 e. The van der Waals surface area contributed by atoms with Gasteiger partial charge in [0.15, 0.2) is 22.9 Å². The number of rotatable bonds is 34. The summed E-state index contributed by atoms with van der Waals surface area (Å²) in [6, 6.07) is -0.331. The summed E-state index contributed by atoms with van der Waals surface area (Å²) in [7, 11) is 0. The van der Waals surface area contributed by atoms with E-state index >= 15 is 0 Å². The van der Waals surface area contributed by atoms with Crippen molar-refractivity contribution in [3.8, 4) is 0 Å². The van der Waals surface area contributed by atoms with E-state index < -0.39 is 29.0 Å². The molecule has 6 N–H and O–H groups in total. The van der Waals surface area contributed by atoms with Gasteiger partial charge in [-0.1, -0.05) is 237 Å². The van der Waals surface area contributed by atoms with Gasteiger partial charge in [-0.05, 0) is 85.5 Å². The number of aryl methyl sites for hydroxylation is 2. The van der Waals surface area contributed by atoms with Gasteiger partial charge >= 0.3 is 18.1 Å². The number of urea groups is 1. The van der Waals surface area contributed by atoms with Crippen molar-refractivity contribution in [1.82, 2.24) is 55.6 Å². The predicted octanol–water partition coefficient (Wildman–Crippen LogP) is 17.4. The number of unbranched alkanes of at least 4 members (excludes halogenated alkanes) is 19.